The largest absolute Gasteiger partial charge is 0.462 e. The number of furan rings is 1. The number of hydrogen-bond donors (Lipinski definition) is 1. The summed E-state index contributed by atoms with van der Waals surface area (Å²) >= 11 is 0. The molecule has 0 aliphatic heterocycles. The molecule has 0 bridgehead atoms. The summed E-state index contributed by atoms with van der Waals surface area (Å²) in [5, 5.41) is 3.00. The molecule has 1 aromatic carbocycles. The van der Waals surface area contributed by atoms with E-state index >= 15 is 0 Å². The molecule has 170 valence electrons. The fourth-order valence-corrected chi connectivity index (χ4v) is 3.73. The molecule has 0 radical (unpaired) electrons. The minimum absolute atomic E-state index is 0.0155. The molecule has 3 rings (SSSR count). The minimum Gasteiger partial charge on any atom is -0.462 e. The summed E-state index contributed by atoms with van der Waals surface area (Å²) < 4.78 is 11.7. The lowest BCUT2D eigenvalue weighted by atomic mass is 9.92. The van der Waals surface area contributed by atoms with Gasteiger partial charge >= 0.3 is 5.97 Å². The molecule has 1 N–H and O–H groups in total. The standard InChI is InChI=1S/C24H29N3O5/c1-7-31-24(30)19-15(6)32-22-20(19)23(29)27(12-25-22)11-18(28)26-21-16(13(2)3)9-8-10-17(21)14(4)5/h8-10,12-14H,7,11H2,1-6H3,(H,26,28). The van der Waals surface area contributed by atoms with Crippen molar-refractivity contribution in [3.63, 3.8) is 0 Å². The van der Waals surface area contributed by atoms with Gasteiger partial charge in [-0.3, -0.25) is 14.2 Å². The number of aromatic nitrogens is 2. The molecule has 0 atom stereocenters. The highest BCUT2D eigenvalue weighted by Crippen LogP contribution is 2.32. The third kappa shape index (κ3) is 4.44. The van der Waals surface area contributed by atoms with Crippen LogP contribution in [0.15, 0.2) is 33.7 Å². The highest BCUT2D eigenvalue weighted by Gasteiger charge is 2.24. The first-order valence-electron chi connectivity index (χ1n) is 10.7. The van der Waals surface area contributed by atoms with Gasteiger partial charge < -0.3 is 14.5 Å². The number of para-hydroxylation sites is 1. The number of hydrogen-bond acceptors (Lipinski definition) is 6. The van der Waals surface area contributed by atoms with Crippen molar-refractivity contribution in [3.05, 3.63) is 57.3 Å². The smallest absolute Gasteiger partial charge is 0.342 e. The second-order valence-electron chi connectivity index (χ2n) is 8.28. The van der Waals surface area contributed by atoms with Crippen LogP contribution in [-0.4, -0.2) is 28.0 Å². The summed E-state index contributed by atoms with van der Waals surface area (Å²) in [7, 11) is 0. The molecular weight excluding hydrogens is 410 g/mol. The van der Waals surface area contributed by atoms with Crippen molar-refractivity contribution in [3.8, 4) is 0 Å². The predicted molar refractivity (Wildman–Crippen MR) is 122 cm³/mol. The van der Waals surface area contributed by atoms with Crippen molar-refractivity contribution < 1.29 is 18.7 Å². The molecule has 32 heavy (non-hydrogen) atoms. The SMILES string of the molecule is CCOC(=O)c1c(C)oc2ncn(CC(=O)Nc3c(C(C)C)cccc3C(C)C)c(=O)c12. The molecule has 0 saturated carbocycles. The van der Waals surface area contributed by atoms with Crippen molar-refractivity contribution in [2.75, 3.05) is 11.9 Å². The monoisotopic (exact) mass is 439 g/mol. The van der Waals surface area contributed by atoms with Crippen LogP contribution in [-0.2, 0) is 16.1 Å². The maximum absolute atomic E-state index is 13.1. The van der Waals surface area contributed by atoms with Crippen LogP contribution in [0.4, 0.5) is 5.69 Å². The zero-order valence-corrected chi connectivity index (χ0v) is 19.3. The van der Waals surface area contributed by atoms with E-state index in [-0.39, 0.29) is 53.3 Å². The molecule has 2 aromatic heterocycles. The number of ether oxygens (including phenoxy) is 1. The summed E-state index contributed by atoms with van der Waals surface area (Å²) in [5.74, 6) is -0.340. The first-order valence-corrected chi connectivity index (χ1v) is 10.7. The number of carbonyl (C=O) groups excluding carboxylic acids is 2. The summed E-state index contributed by atoms with van der Waals surface area (Å²) in [6, 6.07) is 5.97. The number of rotatable bonds is 7. The Morgan fingerprint density at radius 1 is 1.16 bits per heavy atom. The molecule has 0 unspecified atom stereocenters. The van der Waals surface area contributed by atoms with Gasteiger partial charge in [-0.1, -0.05) is 45.9 Å². The number of nitrogens with zero attached hydrogens (tertiary/aromatic N) is 2. The van der Waals surface area contributed by atoms with Gasteiger partial charge in [-0.05, 0) is 36.8 Å². The van der Waals surface area contributed by atoms with Crippen LogP contribution in [0.25, 0.3) is 11.1 Å². The number of carbonyl (C=O) groups is 2. The Kier molecular flexibility index (Phi) is 6.81. The number of nitrogens with one attached hydrogen (secondary N) is 1. The Morgan fingerprint density at radius 2 is 1.78 bits per heavy atom. The molecule has 1 amide bonds. The molecule has 2 heterocycles. The minimum atomic E-state index is -0.655. The van der Waals surface area contributed by atoms with E-state index in [1.807, 2.05) is 18.2 Å². The molecule has 8 nitrogen and oxygen atoms in total. The Morgan fingerprint density at radius 3 is 2.34 bits per heavy atom. The second-order valence-corrected chi connectivity index (χ2v) is 8.28. The first-order chi connectivity index (χ1) is 15.1. The third-order valence-corrected chi connectivity index (χ3v) is 5.29. The summed E-state index contributed by atoms with van der Waals surface area (Å²) in [6.45, 7) is 11.4. The van der Waals surface area contributed by atoms with Gasteiger partial charge in [0.25, 0.3) is 5.56 Å². The lowest BCUT2D eigenvalue weighted by Crippen LogP contribution is -2.29. The van der Waals surface area contributed by atoms with Crippen molar-refractivity contribution in [1.29, 1.82) is 0 Å². The molecular formula is C24H29N3O5. The van der Waals surface area contributed by atoms with Gasteiger partial charge in [0.05, 0.1) is 6.61 Å². The van der Waals surface area contributed by atoms with Crippen LogP contribution in [0.2, 0.25) is 0 Å². The van der Waals surface area contributed by atoms with Crippen molar-refractivity contribution in [2.45, 2.75) is 59.9 Å². The number of benzene rings is 1. The molecule has 0 aliphatic rings. The quantitative estimate of drug-likeness (QED) is 0.549. The van der Waals surface area contributed by atoms with E-state index in [1.165, 1.54) is 10.9 Å². The van der Waals surface area contributed by atoms with Crippen LogP contribution in [0.5, 0.6) is 0 Å². The maximum atomic E-state index is 13.1. The third-order valence-electron chi connectivity index (χ3n) is 5.29. The Hall–Kier alpha value is -3.42. The maximum Gasteiger partial charge on any atom is 0.342 e. The van der Waals surface area contributed by atoms with Gasteiger partial charge in [0, 0.05) is 5.69 Å². The Bertz CT molecular complexity index is 1190. The Labute approximate surface area is 186 Å². The van der Waals surface area contributed by atoms with Gasteiger partial charge in [0.2, 0.25) is 11.6 Å². The summed E-state index contributed by atoms with van der Waals surface area (Å²) in [4.78, 5) is 42.5. The van der Waals surface area contributed by atoms with Crippen molar-refractivity contribution in [1.82, 2.24) is 9.55 Å². The van der Waals surface area contributed by atoms with E-state index < -0.39 is 11.5 Å². The average molecular weight is 440 g/mol. The zero-order chi connectivity index (χ0) is 23.6. The molecule has 0 aliphatic carbocycles. The normalized spacial score (nSPS) is 11.4. The van der Waals surface area contributed by atoms with Gasteiger partial charge in [-0.25, -0.2) is 9.78 Å². The number of fused-ring (bicyclic) bond motifs is 1. The summed E-state index contributed by atoms with van der Waals surface area (Å²) in [6.07, 6.45) is 1.25. The molecule has 0 fully saturated rings. The van der Waals surface area contributed by atoms with Crippen LogP contribution < -0.4 is 10.9 Å². The zero-order valence-electron chi connectivity index (χ0n) is 19.3. The molecule has 0 saturated heterocycles. The fraction of sp³-hybridized carbons (Fsp3) is 0.417. The lowest BCUT2D eigenvalue weighted by Gasteiger charge is -2.20. The van der Waals surface area contributed by atoms with E-state index in [4.69, 9.17) is 9.15 Å². The number of amides is 1. The van der Waals surface area contributed by atoms with Gasteiger partial charge in [-0.2, -0.15) is 0 Å². The molecule has 8 heteroatoms. The highest BCUT2D eigenvalue weighted by atomic mass is 16.5. The van der Waals surface area contributed by atoms with Crippen LogP contribution >= 0.6 is 0 Å². The highest BCUT2D eigenvalue weighted by molar-refractivity contribution is 6.03. The van der Waals surface area contributed by atoms with E-state index in [9.17, 15) is 14.4 Å². The van der Waals surface area contributed by atoms with Crippen LogP contribution in [0.1, 0.15) is 73.7 Å². The van der Waals surface area contributed by atoms with Gasteiger partial charge in [0.15, 0.2) is 0 Å². The fourth-order valence-electron chi connectivity index (χ4n) is 3.73. The van der Waals surface area contributed by atoms with Crippen LogP contribution in [0.3, 0.4) is 0 Å². The molecule has 3 aromatic rings. The first kappa shape index (κ1) is 23.2. The second kappa shape index (κ2) is 9.38. The predicted octanol–water partition coefficient (Wildman–Crippen LogP) is 4.36. The van der Waals surface area contributed by atoms with Gasteiger partial charge in [-0.15, -0.1) is 0 Å². The van der Waals surface area contributed by atoms with E-state index in [2.05, 4.69) is 38.0 Å². The van der Waals surface area contributed by atoms with Crippen molar-refractivity contribution >= 4 is 28.7 Å². The van der Waals surface area contributed by atoms with E-state index in [1.54, 1.807) is 13.8 Å². The summed E-state index contributed by atoms with van der Waals surface area (Å²) in [5.41, 5.74) is 2.38. The number of anilines is 1. The van der Waals surface area contributed by atoms with Crippen molar-refractivity contribution in [2.24, 2.45) is 0 Å². The van der Waals surface area contributed by atoms with Gasteiger partial charge in [0.1, 0.15) is 29.6 Å². The van der Waals surface area contributed by atoms with E-state index in [0.717, 1.165) is 16.8 Å². The van der Waals surface area contributed by atoms with E-state index in [0.29, 0.717) is 0 Å². The molecule has 0 spiro atoms. The lowest BCUT2D eigenvalue weighted by molar-refractivity contribution is -0.116. The Balaban J connectivity index is 1.97. The number of aryl methyl sites for hydroxylation is 1. The number of esters is 1. The average Bonchev–Trinajstić information content (AvgIpc) is 3.06. The topological polar surface area (TPSA) is 103 Å². The van der Waals surface area contributed by atoms with Crippen LogP contribution in [0, 0.1) is 6.92 Å².